The molecule has 0 spiro atoms. The van der Waals surface area contributed by atoms with Gasteiger partial charge in [-0.15, -0.1) is 0 Å². The van der Waals surface area contributed by atoms with E-state index in [0.29, 0.717) is 12.8 Å². The van der Waals surface area contributed by atoms with E-state index < -0.39 is 29.7 Å². The molecular weight excluding hydrogens is 242 g/mol. The summed E-state index contributed by atoms with van der Waals surface area (Å²) in [4.78, 5) is 15.0. The number of carbonyl (C=O) groups is 1. The lowest BCUT2D eigenvalue weighted by atomic mass is 10.1. The molecule has 1 heterocycles. The molecule has 1 aromatic heterocycles. The Morgan fingerprint density at radius 2 is 2.22 bits per heavy atom. The lowest BCUT2D eigenvalue weighted by molar-refractivity contribution is -0.149. The van der Waals surface area contributed by atoms with E-state index in [4.69, 9.17) is 0 Å². The van der Waals surface area contributed by atoms with Crippen LogP contribution in [0.5, 0.6) is 0 Å². The number of aliphatic hydroxyl groups excluding tert-OH is 1. The molecule has 0 radical (unpaired) electrons. The highest BCUT2D eigenvalue weighted by Crippen LogP contribution is 2.27. The van der Waals surface area contributed by atoms with Crippen molar-refractivity contribution in [1.29, 1.82) is 0 Å². The van der Waals surface area contributed by atoms with Crippen LogP contribution in [0.25, 0.3) is 0 Å². The van der Waals surface area contributed by atoms with E-state index in [9.17, 15) is 18.7 Å². The Morgan fingerprint density at radius 3 is 2.78 bits per heavy atom. The number of hydrogen-bond acceptors (Lipinski definition) is 3. The number of alkyl halides is 2. The summed E-state index contributed by atoms with van der Waals surface area (Å²) in [7, 11) is 0. The summed E-state index contributed by atoms with van der Waals surface area (Å²) in [5, 5.41) is 11.7. The first-order valence-corrected chi connectivity index (χ1v) is 5.80. The molecule has 98 valence electrons. The van der Waals surface area contributed by atoms with Crippen LogP contribution in [0.1, 0.15) is 25.0 Å². The molecule has 6 heteroatoms. The minimum absolute atomic E-state index is 0.519. The van der Waals surface area contributed by atoms with E-state index in [0.717, 1.165) is 12.5 Å². The smallest absolute Gasteiger partial charge is 0.366 e. The Labute approximate surface area is 103 Å². The van der Waals surface area contributed by atoms with Gasteiger partial charge in [0.25, 0.3) is 5.91 Å². The summed E-state index contributed by atoms with van der Waals surface area (Å²) in [6.45, 7) is 0. The quantitative estimate of drug-likeness (QED) is 0.854. The van der Waals surface area contributed by atoms with Gasteiger partial charge >= 0.3 is 5.92 Å². The van der Waals surface area contributed by atoms with Crippen molar-refractivity contribution in [2.45, 2.75) is 37.3 Å². The molecule has 1 amide bonds. The van der Waals surface area contributed by atoms with Gasteiger partial charge in [0.2, 0.25) is 0 Å². The van der Waals surface area contributed by atoms with Crippen LogP contribution in [-0.4, -0.2) is 28.1 Å². The fourth-order valence-electron chi connectivity index (χ4n) is 2.03. The topological polar surface area (TPSA) is 62.2 Å². The van der Waals surface area contributed by atoms with E-state index in [-0.39, 0.29) is 0 Å². The molecule has 1 saturated carbocycles. The van der Waals surface area contributed by atoms with Crippen LogP contribution in [0, 0.1) is 0 Å². The number of nitrogens with one attached hydrogen (secondary N) is 1. The van der Waals surface area contributed by atoms with Gasteiger partial charge in [-0.3, -0.25) is 9.78 Å². The van der Waals surface area contributed by atoms with Crippen LogP contribution in [-0.2, 0) is 10.7 Å². The van der Waals surface area contributed by atoms with E-state index >= 15 is 0 Å². The third kappa shape index (κ3) is 2.48. The normalized spacial score (nSPS) is 23.9. The fourth-order valence-corrected chi connectivity index (χ4v) is 2.03. The third-order valence-corrected chi connectivity index (χ3v) is 3.07. The van der Waals surface area contributed by atoms with Crippen molar-refractivity contribution >= 4 is 5.91 Å². The number of pyridine rings is 1. The molecule has 1 aliphatic carbocycles. The lowest BCUT2D eigenvalue weighted by Gasteiger charge is -2.20. The molecule has 2 atom stereocenters. The van der Waals surface area contributed by atoms with Crippen LogP contribution in [0.2, 0.25) is 0 Å². The SMILES string of the molecule is O=C(N[C@@H]1CCC[C@H]1O)C(F)(F)c1ccccn1. The van der Waals surface area contributed by atoms with Crippen molar-refractivity contribution < 1.29 is 18.7 Å². The molecule has 18 heavy (non-hydrogen) atoms. The number of halogens is 2. The predicted molar refractivity (Wildman–Crippen MR) is 59.9 cm³/mol. The van der Waals surface area contributed by atoms with E-state index in [2.05, 4.69) is 10.3 Å². The van der Waals surface area contributed by atoms with Crippen molar-refractivity contribution in [1.82, 2.24) is 10.3 Å². The Bertz CT molecular complexity index is 425. The second-order valence-corrected chi connectivity index (χ2v) is 4.37. The number of hydrogen-bond donors (Lipinski definition) is 2. The van der Waals surface area contributed by atoms with Crippen LogP contribution >= 0.6 is 0 Å². The zero-order valence-corrected chi connectivity index (χ0v) is 9.64. The number of aromatic nitrogens is 1. The Kier molecular flexibility index (Phi) is 3.56. The molecule has 1 aliphatic rings. The van der Waals surface area contributed by atoms with Crippen LogP contribution in [0.15, 0.2) is 24.4 Å². The van der Waals surface area contributed by atoms with Gasteiger partial charge in [-0.25, -0.2) is 0 Å². The molecular formula is C12H14F2N2O2. The van der Waals surface area contributed by atoms with Gasteiger partial charge < -0.3 is 10.4 Å². The van der Waals surface area contributed by atoms with Gasteiger partial charge in [-0.1, -0.05) is 6.07 Å². The van der Waals surface area contributed by atoms with Crippen molar-refractivity contribution in [2.24, 2.45) is 0 Å². The summed E-state index contributed by atoms with van der Waals surface area (Å²) in [6, 6.07) is 3.41. The summed E-state index contributed by atoms with van der Waals surface area (Å²) in [6.07, 6.45) is 2.24. The van der Waals surface area contributed by atoms with Gasteiger partial charge in [-0.05, 0) is 31.4 Å². The first-order chi connectivity index (χ1) is 8.51. The second kappa shape index (κ2) is 4.97. The second-order valence-electron chi connectivity index (χ2n) is 4.37. The molecule has 2 rings (SSSR count). The molecule has 0 aromatic carbocycles. The largest absolute Gasteiger partial charge is 0.391 e. The minimum atomic E-state index is -3.68. The van der Waals surface area contributed by atoms with Gasteiger partial charge in [0.15, 0.2) is 0 Å². The average molecular weight is 256 g/mol. The number of nitrogens with zero attached hydrogens (tertiary/aromatic N) is 1. The Balaban J connectivity index is 2.08. The zero-order chi connectivity index (χ0) is 13.2. The fraction of sp³-hybridized carbons (Fsp3) is 0.500. The molecule has 1 aromatic rings. The molecule has 4 nitrogen and oxygen atoms in total. The van der Waals surface area contributed by atoms with Crippen LogP contribution in [0.4, 0.5) is 8.78 Å². The molecule has 2 N–H and O–H groups in total. The summed E-state index contributed by atoms with van der Waals surface area (Å²) < 4.78 is 27.5. The average Bonchev–Trinajstić information content (AvgIpc) is 2.76. The monoisotopic (exact) mass is 256 g/mol. The van der Waals surface area contributed by atoms with Crippen molar-refractivity contribution in [3.8, 4) is 0 Å². The molecule has 0 unspecified atom stereocenters. The van der Waals surface area contributed by atoms with Crippen LogP contribution in [0.3, 0.4) is 0 Å². The van der Waals surface area contributed by atoms with Crippen molar-refractivity contribution in [3.63, 3.8) is 0 Å². The van der Waals surface area contributed by atoms with E-state index in [1.807, 2.05) is 0 Å². The first-order valence-electron chi connectivity index (χ1n) is 5.80. The lowest BCUT2D eigenvalue weighted by Crippen LogP contribution is -2.47. The summed E-state index contributed by atoms with van der Waals surface area (Å²) in [5.74, 6) is -5.09. The van der Waals surface area contributed by atoms with Crippen molar-refractivity contribution in [3.05, 3.63) is 30.1 Å². The highest BCUT2D eigenvalue weighted by atomic mass is 19.3. The van der Waals surface area contributed by atoms with E-state index in [1.54, 1.807) is 0 Å². The maximum absolute atomic E-state index is 13.8. The molecule has 0 bridgehead atoms. The number of amides is 1. The van der Waals surface area contributed by atoms with Gasteiger partial charge in [0.1, 0.15) is 5.69 Å². The van der Waals surface area contributed by atoms with Crippen molar-refractivity contribution in [2.75, 3.05) is 0 Å². The van der Waals surface area contributed by atoms with Gasteiger partial charge in [0.05, 0.1) is 12.1 Å². The maximum Gasteiger partial charge on any atom is 0.366 e. The Morgan fingerprint density at radius 1 is 1.44 bits per heavy atom. The van der Waals surface area contributed by atoms with Crippen LogP contribution < -0.4 is 5.32 Å². The highest BCUT2D eigenvalue weighted by Gasteiger charge is 2.44. The number of aliphatic hydroxyl groups is 1. The Hall–Kier alpha value is -1.56. The highest BCUT2D eigenvalue weighted by molar-refractivity contribution is 5.84. The molecule has 1 fully saturated rings. The standard InChI is InChI=1S/C12H14F2N2O2/c13-12(14,10-6-1-2-7-15-10)11(18)16-8-4-3-5-9(8)17/h1-2,6-9,17H,3-5H2,(H,16,18)/t8-,9-/m1/s1. The maximum atomic E-state index is 13.8. The molecule has 0 aliphatic heterocycles. The minimum Gasteiger partial charge on any atom is -0.391 e. The number of carbonyl (C=O) groups excluding carboxylic acids is 1. The van der Waals surface area contributed by atoms with E-state index in [1.165, 1.54) is 18.3 Å². The predicted octanol–water partition coefficient (Wildman–Crippen LogP) is 1.20. The number of rotatable bonds is 3. The first kappa shape index (κ1) is 12.9. The van der Waals surface area contributed by atoms with Gasteiger partial charge in [-0.2, -0.15) is 8.78 Å². The zero-order valence-electron chi connectivity index (χ0n) is 9.64. The van der Waals surface area contributed by atoms with Gasteiger partial charge in [0, 0.05) is 6.20 Å². The third-order valence-electron chi connectivity index (χ3n) is 3.07. The molecule has 0 saturated heterocycles. The summed E-state index contributed by atoms with van der Waals surface area (Å²) >= 11 is 0. The summed E-state index contributed by atoms with van der Waals surface area (Å²) in [5.41, 5.74) is -0.588.